The lowest BCUT2D eigenvalue weighted by atomic mass is 10.1. The fourth-order valence-electron chi connectivity index (χ4n) is 1.94. The van der Waals surface area contributed by atoms with E-state index in [4.69, 9.17) is 4.74 Å². The van der Waals surface area contributed by atoms with Crippen LogP contribution in [0, 0.1) is 0 Å². The lowest BCUT2D eigenvalue weighted by Crippen LogP contribution is -2.27. The number of benzene rings is 1. The van der Waals surface area contributed by atoms with Crippen LogP contribution in [0.5, 0.6) is 5.75 Å². The molecule has 1 N–H and O–H groups in total. The summed E-state index contributed by atoms with van der Waals surface area (Å²) in [6, 6.07) is 10.7. The molecule has 6 nitrogen and oxygen atoms in total. The highest BCUT2D eigenvalue weighted by Crippen LogP contribution is 2.16. The first-order valence-corrected chi connectivity index (χ1v) is 7.66. The molecule has 0 aliphatic heterocycles. The van der Waals surface area contributed by atoms with Crippen LogP contribution in [0.4, 0.5) is 5.69 Å². The molecule has 126 valence electrons. The number of anilines is 1. The molecule has 1 heterocycles. The van der Waals surface area contributed by atoms with Crippen LogP contribution in [0.25, 0.3) is 0 Å². The third kappa shape index (κ3) is 5.72. The van der Waals surface area contributed by atoms with Crippen molar-refractivity contribution in [3.63, 3.8) is 0 Å². The molecule has 0 radical (unpaired) electrons. The van der Waals surface area contributed by atoms with Gasteiger partial charge in [0.2, 0.25) is 5.91 Å². The Morgan fingerprint density at radius 2 is 1.92 bits per heavy atom. The van der Waals surface area contributed by atoms with Gasteiger partial charge in [-0.2, -0.15) is 0 Å². The summed E-state index contributed by atoms with van der Waals surface area (Å²) in [7, 11) is 3.35. The van der Waals surface area contributed by atoms with Gasteiger partial charge in [-0.15, -0.1) is 0 Å². The van der Waals surface area contributed by atoms with Crippen molar-refractivity contribution in [2.75, 3.05) is 26.0 Å². The average molecular weight is 327 g/mol. The van der Waals surface area contributed by atoms with Crippen LogP contribution < -0.4 is 10.1 Å². The van der Waals surface area contributed by atoms with Gasteiger partial charge in [0.05, 0.1) is 0 Å². The Balaban J connectivity index is 1.78. The summed E-state index contributed by atoms with van der Waals surface area (Å²) in [6.07, 6.45) is 4.50. The zero-order valence-corrected chi connectivity index (χ0v) is 13.9. The van der Waals surface area contributed by atoms with Gasteiger partial charge in [0.1, 0.15) is 5.75 Å². The topological polar surface area (TPSA) is 71.5 Å². The van der Waals surface area contributed by atoms with E-state index in [1.807, 2.05) is 12.1 Å². The largest absolute Gasteiger partial charge is 0.484 e. The van der Waals surface area contributed by atoms with Crippen molar-refractivity contribution in [1.29, 1.82) is 0 Å². The summed E-state index contributed by atoms with van der Waals surface area (Å²) in [6.45, 7) is -0.0101. The van der Waals surface area contributed by atoms with Gasteiger partial charge < -0.3 is 15.0 Å². The molecule has 2 aromatic rings. The third-order valence-corrected chi connectivity index (χ3v) is 3.36. The minimum absolute atomic E-state index is 0.0101. The smallest absolute Gasteiger partial charge is 0.259 e. The zero-order chi connectivity index (χ0) is 17.4. The van der Waals surface area contributed by atoms with Crippen LogP contribution in [0.2, 0.25) is 0 Å². The highest BCUT2D eigenvalue weighted by atomic mass is 16.5. The average Bonchev–Trinajstić information content (AvgIpc) is 2.60. The van der Waals surface area contributed by atoms with E-state index in [2.05, 4.69) is 10.3 Å². The van der Waals surface area contributed by atoms with Gasteiger partial charge >= 0.3 is 0 Å². The van der Waals surface area contributed by atoms with Gasteiger partial charge in [0.15, 0.2) is 6.61 Å². The number of hydrogen-bond acceptors (Lipinski definition) is 4. The van der Waals surface area contributed by atoms with E-state index >= 15 is 0 Å². The van der Waals surface area contributed by atoms with E-state index < -0.39 is 0 Å². The number of nitrogens with one attached hydrogen (secondary N) is 1. The van der Waals surface area contributed by atoms with E-state index in [-0.39, 0.29) is 18.4 Å². The number of pyridine rings is 1. The second-order valence-corrected chi connectivity index (χ2v) is 5.51. The first-order chi connectivity index (χ1) is 11.5. The maximum atomic E-state index is 11.9. The minimum atomic E-state index is -0.109. The molecule has 6 heteroatoms. The van der Waals surface area contributed by atoms with Crippen molar-refractivity contribution in [1.82, 2.24) is 9.88 Å². The summed E-state index contributed by atoms with van der Waals surface area (Å²) < 4.78 is 5.38. The number of rotatable bonds is 7. The minimum Gasteiger partial charge on any atom is -0.484 e. The fraction of sp³-hybridized carbons (Fsp3) is 0.278. The van der Waals surface area contributed by atoms with Gasteiger partial charge in [0.25, 0.3) is 5.91 Å². The van der Waals surface area contributed by atoms with Crippen molar-refractivity contribution >= 4 is 17.5 Å². The highest BCUT2D eigenvalue weighted by molar-refractivity contribution is 5.90. The van der Waals surface area contributed by atoms with Crippen LogP contribution in [0.15, 0.2) is 48.8 Å². The predicted octanol–water partition coefficient (Wildman–Crippen LogP) is 2.12. The van der Waals surface area contributed by atoms with Crippen LogP contribution >= 0.6 is 0 Å². The maximum absolute atomic E-state index is 11.9. The standard InChI is InChI=1S/C18H21N3O3/c1-21(2)18(23)13-24-16-8-6-15(7-9-16)20-17(22)10-5-14-4-3-11-19-12-14/h3-4,6-9,11-12H,5,10,13H2,1-2H3,(H,20,22). The second-order valence-electron chi connectivity index (χ2n) is 5.51. The summed E-state index contributed by atoms with van der Waals surface area (Å²) in [5, 5.41) is 2.83. The number of likely N-dealkylation sites (N-methyl/N-ethyl adjacent to an activating group) is 1. The van der Waals surface area contributed by atoms with E-state index in [0.717, 1.165) is 5.56 Å². The SMILES string of the molecule is CN(C)C(=O)COc1ccc(NC(=O)CCc2cccnc2)cc1. The number of aromatic nitrogens is 1. The number of aryl methyl sites for hydroxylation is 1. The molecule has 1 aromatic heterocycles. The Hall–Kier alpha value is -2.89. The second kappa shape index (κ2) is 8.67. The van der Waals surface area contributed by atoms with Crippen LogP contribution in [0.1, 0.15) is 12.0 Å². The molecular formula is C18H21N3O3. The fourth-order valence-corrected chi connectivity index (χ4v) is 1.94. The van der Waals surface area contributed by atoms with Gasteiger partial charge in [-0.25, -0.2) is 0 Å². The molecule has 0 spiro atoms. The molecule has 0 bridgehead atoms. The van der Waals surface area contributed by atoms with Crippen LogP contribution in [-0.4, -0.2) is 42.4 Å². The lowest BCUT2D eigenvalue weighted by molar-refractivity contribution is -0.130. The highest BCUT2D eigenvalue weighted by Gasteiger charge is 2.06. The molecule has 0 saturated carbocycles. The van der Waals surface area contributed by atoms with E-state index in [1.54, 1.807) is 50.8 Å². The van der Waals surface area contributed by atoms with Gasteiger partial charge in [-0.05, 0) is 42.3 Å². The zero-order valence-electron chi connectivity index (χ0n) is 13.9. The van der Waals surface area contributed by atoms with Crippen LogP contribution in [-0.2, 0) is 16.0 Å². The number of hydrogen-bond donors (Lipinski definition) is 1. The Morgan fingerprint density at radius 1 is 1.17 bits per heavy atom. The first kappa shape index (κ1) is 17.5. The Kier molecular flexibility index (Phi) is 6.31. The molecule has 0 aliphatic carbocycles. The number of carbonyl (C=O) groups excluding carboxylic acids is 2. The summed E-state index contributed by atoms with van der Waals surface area (Å²) in [5.74, 6) is 0.414. The number of nitrogens with zero attached hydrogens (tertiary/aromatic N) is 2. The van der Waals surface area contributed by atoms with Gasteiger partial charge in [-0.1, -0.05) is 6.07 Å². The van der Waals surface area contributed by atoms with Crippen molar-refractivity contribution in [3.8, 4) is 5.75 Å². The van der Waals surface area contributed by atoms with Gasteiger partial charge in [-0.3, -0.25) is 14.6 Å². The monoisotopic (exact) mass is 327 g/mol. The molecule has 0 fully saturated rings. The molecule has 0 saturated heterocycles. The normalized spacial score (nSPS) is 10.1. The van der Waals surface area contributed by atoms with Crippen molar-refractivity contribution in [2.24, 2.45) is 0 Å². The Labute approximate surface area is 141 Å². The molecule has 0 atom stereocenters. The van der Waals surface area contributed by atoms with E-state index in [9.17, 15) is 9.59 Å². The first-order valence-electron chi connectivity index (χ1n) is 7.66. The van der Waals surface area contributed by atoms with Crippen molar-refractivity contribution in [2.45, 2.75) is 12.8 Å². The summed E-state index contributed by atoms with van der Waals surface area (Å²) >= 11 is 0. The molecule has 24 heavy (non-hydrogen) atoms. The van der Waals surface area contributed by atoms with Gasteiger partial charge in [0, 0.05) is 38.6 Å². The molecular weight excluding hydrogens is 306 g/mol. The predicted molar refractivity (Wildman–Crippen MR) is 91.8 cm³/mol. The quantitative estimate of drug-likeness (QED) is 0.845. The van der Waals surface area contributed by atoms with Crippen molar-refractivity contribution in [3.05, 3.63) is 54.4 Å². The van der Waals surface area contributed by atoms with Crippen LogP contribution in [0.3, 0.4) is 0 Å². The molecule has 2 amide bonds. The summed E-state index contributed by atoms with van der Waals surface area (Å²) in [5.41, 5.74) is 1.72. The lowest BCUT2D eigenvalue weighted by Gasteiger charge is -2.11. The van der Waals surface area contributed by atoms with E-state index in [1.165, 1.54) is 4.90 Å². The number of amides is 2. The maximum Gasteiger partial charge on any atom is 0.259 e. The summed E-state index contributed by atoms with van der Waals surface area (Å²) in [4.78, 5) is 28.9. The number of ether oxygens (including phenoxy) is 1. The van der Waals surface area contributed by atoms with E-state index in [0.29, 0.717) is 24.3 Å². The molecule has 0 aliphatic rings. The molecule has 1 aromatic carbocycles. The molecule has 0 unspecified atom stereocenters. The number of carbonyl (C=O) groups is 2. The molecule has 2 rings (SSSR count). The Bertz CT molecular complexity index is 670. The third-order valence-electron chi connectivity index (χ3n) is 3.36. The Morgan fingerprint density at radius 3 is 2.54 bits per heavy atom. The van der Waals surface area contributed by atoms with Crippen molar-refractivity contribution < 1.29 is 14.3 Å².